The maximum Gasteiger partial charge on any atom is 0.259 e. The van der Waals surface area contributed by atoms with E-state index in [2.05, 4.69) is 10.4 Å². The summed E-state index contributed by atoms with van der Waals surface area (Å²) >= 11 is 0. The fraction of sp³-hybridized carbons (Fsp3) is 0.769. The second kappa shape index (κ2) is 6.24. The molecule has 0 aliphatic carbocycles. The topological polar surface area (TPSA) is 67.2 Å². The SMILES string of the molecule is CCn1nc(C)cc1S(=O)(=O)N(C)C[C@@H]1CCCNC1. The number of sulfonamides is 1. The lowest BCUT2D eigenvalue weighted by molar-refractivity contribution is 0.313. The molecule has 0 bridgehead atoms. The van der Waals surface area contributed by atoms with Crippen molar-refractivity contribution >= 4 is 10.0 Å². The Morgan fingerprint density at radius 2 is 2.30 bits per heavy atom. The fourth-order valence-electron chi connectivity index (χ4n) is 2.66. The minimum atomic E-state index is -3.45. The highest BCUT2D eigenvalue weighted by molar-refractivity contribution is 7.89. The lowest BCUT2D eigenvalue weighted by atomic mass is 10.00. The number of hydrogen-bond acceptors (Lipinski definition) is 4. The van der Waals surface area contributed by atoms with E-state index in [1.54, 1.807) is 17.8 Å². The number of nitrogens with zero attached hydrogens (tertiary/aromatic N) is 3. The molecule has 1 aliphatic heterocycles. The average molecular weight is 300 g/mol. The molecule has 2 heterocycles. The van der Waals surface area contributed by atoms with Crippen molar-refractivity contribution < 1.29 is 8.42 Å². The summed E-state index contributed by atoms with van der Waals surface area (Å²) in [4.78, 5) is 0. The monoisotopic (exact) mass is 300 g/mol. The van der Waals surface area contributed by atoms with Crippen molar-refractivity contribution in [2.45, 2.75) is 38.3 Å². The summed E-state index contributed by atoms with van der Waals surface area (Å²) in [5.41, 5.74) is 0.734. The van der Waals surface area contributed by atoms with Gasteiger partial charge in [0.25, 0.3) is 10.0 Å². The Hall–Kier alpha value is -0.920. The van der Waals surface area contributed by atoms with Gasteiger partial charge in [0.2, 0.25) is 0 Å². The van der Waals surface area contributed by atoms with Gasteiger partial charge in [-0.25, -0.2) is 8.42 Å². The molecule has 0 saturated carbocycles. The molecule has 1 fully saturated rings. The number of nitrogens with one attached hydrogen (secondary N) is 1. The first-order chi connectivity index (χ1) is 9.45. The zero-order valence-corrected chi connectivity index (χ0v) is 13.3. The number of piperidine rings is 1. The van der Waals surface area contributed by atoms with E-state index in [-0.39, 0.29) is 0 Å². The molecule has 0 amide bonds. The van der Waals surface area contributed by atoms with Gasteiger partial charge in [0.1, 0.15) is 0 Å². The summed E-state index contributed by atoms with van der Waals surface area (Å²) in [5, 5.41) is 7.84. The predicted octanol–water partition coefficient (Wildman–Crippen LogP) is 0.832. The lowest BCUT2D eigenvalue weighted by Gasteiger charge is -2.27. The summed E-state index contributed by atoms with van der Waals surface area (Å²) in [6.07, 6.45) is 2.20. The maximum absolute atomic E-state index is 12.6. The number of aromatic nitrogens is 2. The quantitative estimate of drug-likeness (QED) is 0.875. The largest absolute Gasteiger partial charge is 0.316 e. The maximum atomic E-state index is 12.6. The third-order valence-corrected chi connectivity index (χ3v) is 5.58. The third kappa shape index (κ3) is 3.21. The van der Waals surface area contributed by atoms with Crippen LogP contribution in [-0.2, 0) is 16.6 Å². The van der Waals surface area contributed by atoms with Crippen LogP contribution in [0, 0.1) is 12.8 Å². The van der Waals surface area contributed by atoms with Crippen LogP contribution in [0.25, 0.3) is 0 Å². The number of aryl methyl sites for hydroxylation is 2. The van der Waals surface area contributed by atoms with Crippen molar-refractivity contribution in [3.8, 4) is 0 Å². The highest BCUT2D eigenvalue weighted by Gasteiger charge is 2.28. The van der Waals surface area contributed by atoms with Gasteiger partial charge in [0.05, 0.1) is 5.69 Å². The Morgan fingerprint density at radius 3 is 2.90 bits per heavy atom. The molecule has 20 heavy (non-hydrogen) atoms. The van der Waals surface area contributed by atoms with Crippen LogP contribution in [0.1, 0.15) is 25.5 Å². The molecule has 0 spiro atoms. The van der Waals surface area contributed by atoms with E-state index in [0.29, 0.717) is 24.0 Å². The van der Waals surface area contributed by atoms with E-state index < -0.39 is 10.0 Å². The van der Waals surface area contributed by atoms with Gasteiger partial charge in [0, 0.05) is 20.1 Å². The highest BCUT2D eigenvalue weighted by Crippen LogP contribution is 2.19. The van der Waals surface area contributed by atoms with Crippen LogP contribution in [0.15, 0.2) is 11.1 Å². The molecule has 2 rings (SSSR count). The molecule has 6 nitrogen and oxygen atoms in total. The molecule has 1 atom stereocenters. The molecule has 1 aromatic heterocycles. The van der Waals surface area contributed by atoms with Crippen molar-refractivity contribution in [3.05, 3.63) is 11.8 Å². The molecule has 0 aromatic carbocycles. The second-order valence-corrected chi connectivity index (χ2v) is 7.43. The molecule has 0 radical (unpaired) electrons. The summed E-state index contributed by atoms with van der Waals surface area (Å²) in [6.45, 7) is 6.76. The molecule has 1 N–H and O–H groups in total. The van der Waals surface area contributed by atoms with Gasteiger partial charge < -0.3 is 5.32 Å². The minimum absolute atomic E-state index is 0.295. The first kappa shape index (κ1) is 15.5. The Labute approximate surface area is 121 Å². The van der Waals surface area contributed by atoms with E-state index in [1.807, 2.05) is 13.8 Å². The molecule has 0 unspecified atom stereocenters. The standard InChI is InChI=1S/C13H24N4O2S/c1-4-17-13(8-11(2)15-17)20(18,19)16(3)10-12-6-5-7-14-9-12/h8,12,14H,4-7,9-10H2,1-3H3/t12-/m1/s1. The normalized spacial score (nSPS) is 20.5. The predicted molar refractivity (Wildman–Crippen MR) is 78.0 cm³/mol. The Bertz CT molecular complexity index is 547. The van der Waals surface area contributed by atoms with E-state index in [9.17, 15) is 8.42 Å². The van der Waals surface area contributed by atoms with Crippen LogP contribution in [0.4, 0.5) is 0 Å². The Balaban J connectivity index is 2.15. The van der Waals surface area contributed by atoms with E-state index >= 15 is 0 Å². The van der Waals surface area contributed by atoms with Gasteiger partial charge in [-0.05, 0) is 51.8 Å². The summed E-state index contributed by atoms with van der Waals surface area (Å²) in [7, 11) is -1.80. The van der Waals surface area contributed by atoms with Crippen LogP contribution in [0.3, 0.4) is 0 Å². The van der Waals surface area contributed by atoms with E-state index in [4.69, 9.17) is 0 Å². The molecule has 114 valence electrons. The molecular weight excluding hydrogens is 276 g/mol. The Morgan fingerprint density at radius 1 is 1.55 bits per heavy atom. The molecule has 1 saturated heterocycles. The molecular formula is C13H24N4O2S. The van der Waals surface area contributed by atoms with E-state index in [0.717, 1.165) is 31.6 Å². The zero-order chi connectivity index (χ0) is 14.8. The first-order valence-electron chi connectivity index (χ1n) is 7.16. The average Bonchev–Trinajstić information content (AvgIpc) is 2.82. The number of rotatable bonds is 5. The summed E-state index contributed by atoms with van der Waals surface area (Å²) in [6, 6.07) is 1.65. The van der Waals surface area contributed by atoms with Crippen molar-refractivity contribution in [1.29, 1.82) is 0 Å². The van der Waals surface area contributed by atoms with Gasteiger partial charge in [-0.15, -0.1) is 0 Å². The van der Waals surface area contributed by atoms with Gasteiger partial charge in [-0.1, -0.05) is 0 Å². The Kier molecular flexibility index (Phi) is 4.82. The van der Waals surface area contributed by atoms with Gasteiger partial charge >= 0.3 is 0 Å². The van der Waals surface area contributed by atoms with Crippen molar-refractivity contribution in [2.75, 3.05) is 26.7 Å². The molecule has 7 heteroatoms. The van der Waals surface area contributed by atoms with Gasteiger partial charge in [0.15, 0.2) is 5.03 Å². The van der Waals surface area contributed by atoms with Gasteiger partial charge in [-0.2, -0.15) is 9.40 Å². The molecule has 1 aromatic rings. The highest BCUT2D eigenvalue weighted by atomic mass is 32.2. The van der Waals surface area contributed by atoms with Crippen LogP contribution < -0.4 is 5.32 Å². The van der Waals surface area contributed by atoms with Crippen LogP contribution >= 0.6 is 0 Å². The summed E-state index contributed by atoms with van der Waals surface area (Å²) in [5.74, 6) is 0.391. The first-order valence-corrected chi connectivity index (χ1v) is 8.60. The van der Waals surface area contributed by atoms with Crippen LogP contribution in [-0.4, -0.2) is 49.2 Å². The van der Waals surface area contributed by atoms with E-state index in [1.165, 1.54) is 4.31 Å². The number of hydrogen-bond donors (Lipinski definition) is 1. The van der Waals surface area contributed by atoms with Gasteiger partial charge in [-0.3, -0.25) is 4.68 Å². The van der Waals surface area contributed by atoms with Crippen LogP contribution in [0.5, 0.6) is 0 Å². The van der Waals surface area contributed by atoms with Crippen molar-refractivity contribution in [2.24, 2.45) is 5.92 Å². The smallest absolute Gasteiger partial charge is 0.259 e. The zero-order valence-electron chi connectivity index (χ0n) is 12.5. The minimum Gasteiger partial charge on any atom is -0.316 e. The van der Waals surface area contributed by atoms with Crippen molar-refractivity contribution in [1.82, 2.24) is 19.4 Å². The molecule has 1 aliphatic rings. The van der Waals surface area contributed by atoms with Crippen molar-refractivity contribution in [3.63, 3.8) is 0 Å². The summed E-state index contributed by atoms with van der Waals surface area (Å²) < 4.78 is 28.3. The fourth-order valence-corrected chi connectivity index (χ4v) is 4.14. The second-order valence-electron chi connectivity index (χ2n) is 5.44. The lowest BCUT2D eigenvalue weighted by Crippen LogP contribution is -2.39. The van der Waals surface area contributed by atoms with Crippen LogP contribution in [0.2, 0.25) is 0 Å². The third-order valence-electron chi connectivity index (χ3n) is 3.75.